The molecule has 0 radical (unpaired) electrons. The largest absolute Gasteiger partial charge is 0.384 e. The number of halogens is 1. The van der Waals surface area contributed by atoms with E-state index in [9.17, 15) is 4.79 Å². The second kappa shape index (κ2) is 14.4. The fourth-order valence-electron chi connectivity index (χ4n) is 4.37. The predicted octanol–water partition coefficient (Wildman–Crippen LogP) is 4.78. The number of carbonyl (C=O) groups excluding carboxylic acids is 1. The van der Waals surface area contributed by atoms with Gasteiger partial charge < -0.3 is 20.4 Å². The number of pyridine rings is 1. The van der Waals surface area contributed by atoms with Crippen molar-refractivity contribution in [1.29, 1.82) is 0 Å². The van der Waals surface area contributed by atoms with Crippen molar-refractivity contribution >= 4 is 34.1 Å². The Morgan fingerprint density at radius 2 is 1.70 bits per heavy atom. The monoisotopic (exact) mass is 473 g/mol. The molecule has 2 aromatic rings. The molecular weight excluding hydrogens is 434 g/mol. The molecule has 6 nitrogen and oxygen atoms in total. The Morgan fingerprint density at radius 3 is 2.42 bits per heavy atom. The summed E-state index contributed by atoms with van der Waals surface area (Å²) in [5.74, 6) is 0.216. The molecule has 0 saturated carbocycles. The summed E-state index contributed by atoms with van der Waals surface area (Å²) in [5.41, 5.74) is 2.05. The van der Waals surface area contributed by atoms with Crippen LogP contribution in [0.3, 0.4) is 0 Å². The number of aromatic nitrogens is 1. The summed E-state index contributed by atoms with van der Waals surface area (Å²) in [5, 5.41) is 8.47. The second-order valence-electron chi connectivity index (χ2n) is 9.00. The molecule has 1 aromatic carbocycles. The quantitative estimate of drug-likeness (QED) is 0.386. The summed E-state index contributed by atoms with van der Waals surface area (Å²) in [7, 11) is 0. The number of nitrogens with one attached hydrogen (secondary N) is 2. The molecule has 2 N–H and O–H groups in total. The first-order valence-corrected chi connectivity index (χ1v) is 13.0. The maximum Gasteiger partial charge on any atom is 0.219 e. The number of carbonyl (C=O) groups is 1. The average molecular weight is 474 g/mol. The maximum absolute atomic E-state index is 11.8. The average Bonchev–Trinajstić information content (AvgIpc) is 2.83. The number of anilines is 1. The van der Waals surface area contributed by atoms with Crippen LogP contribution in [-0.4, -0.2) is 73.0 Å². The fraction of sp³-hybridized carbons (Fsp3) is 0.615. The Balaban J connectivity index is 1.23. The van der Waals surface area contributed by atoms with E-state index in [1.807, 2.05) is 30.5 Å². The maximum atomic E-state index is 11.8. The normalized spacial score (nSPS) is 15.1. The number of piperazine rings is 1. The van der Waals surface area contributed by atoms with Gasteiger partial charge in [0.2, 0.25) is 5.91 Å². The van der Waals surface area contributed by atoms with Crippen LogP contribution in [0.5, 0.6) is 0 Å². The molecule has 1 saturated heterocycles. The van der Waals surface area contributed by atoms with E-state index in [0.717, 1.165) is 88.2 Å². The highest BCUT2D eigenvalue weighted by molar-refractivity contribution is 6.31. The zero-order chi connectivity index (χ0) is 23.3. The third-order valence-corrected chi connectivity index (χ3v) is 6.60. The van der Waals surface area contributed by atoms with Crippen LogP contribution in [0.25, 0.3) is 10.9 Å². The van der Waals surface area contributed by atoms with Crippen molar-refractivity contribution in [1.82, 2.24) is 20.1 Å². The number of fused-ring (bicyclic) bond motifs is 1. The molecule has 1 fully saturated rings. The van der Waals surface area contributed by atoms with Crippen molar-refractivity contribution in [3.63, 3.8) is 0 Å². The predicted molar refractivity (Wildman–Crippen MR) is 139 cm³/mol. The topological polar surface area (TPSA) is 60.5 Å². The molecule has 7 heteroatoms. The number of amides is 1. The number of benzene rings is 1. The Bertz CT molecular complexity index is 854. The Labute approximate surface area is 204 Å². The van der Waals surface area contributed by atoms with Crippen LogP contribution in [-0.2, 0) is 4.79 Å². The molecule has 3 rings (SSSR count). The molecule has 2 heterocycles. The van der Waals surface area contributed by atoms with E-state index in [4.69, 9.17) is 11.6 Å². The van der Waals surface area contributed by atoms with Crippen molar-refractivity contribution in [3.05, 3.63) is 35.5 Å². The van der Waals surface area contributed by atoms with Gasteiger partial charge in [0.15, 0.2) is 0 Å². The first kappa shape index (κ1) is 25.7. The lowest BCUT2D eigenvalue weighted by molar-refractivity contribution is -0.121. The minimum Gasteiger partial charge on any atom is -0.384 e. The van der Waals surface area contributed by atoms with Crippen LogP contribution >= 0.6 is 11.6 Å². The lowest BCUT2D eigenvalue weighted by Gasteiger charge is -2.34. The van der Waals surface area contributed by atoms with E-state index in [2.05, 4.69) is 32.3 Å². The second-order valence-corrected chi connectivity index (χ2v) is 9.43. The molecule has 0 unspecified atom stereocenters. The molecule has 182 valence electrons. The third-order valence-electron chi connectivity index (χ3n) is 6.37. The van der Waals surface area contributed by atoms with Crippen molar-refractivity contribution in [2.75, 3.05) is 57.7 Å². The molecule has 0 bridgehead atoms. The Hall–Kier alpha value is -1.89. The standard InChI is InChI=1S/C26H40ClN5O/c1-2-3-4-5-8-26(33)30-13-7-16-32-19-17-31(18-20-32)15-6-12-28-24-11-14-29-25-21-22(27)9-10-23(24)25/h9-11,14,21H,2-8,12-13,15-20H2,1H3,(H,28,29)(H,30,33). The summed E-state index contributed by atoms with van der Waals surface area (Å²) in [6.07, 6.45) is 9.29. The Kier molecular flexibility index (Phi) is 11.2. The van der Waals surface area contributed by atoms with E-state index in [0.29, 0.717) is 11.4 Å². The molecule has 1 aromatic heterocycles. The molecule has 0 aliphatic carbocycles. The number of hydrogen-bond donors (Lipinski definition) is 2. The zero-order valence-electron chi connectivity index (χ0n) is 20.1. The van der Waals surface area contributed by atoms with Gasteiger partial charge in [-0.2, -0.15) is 0 Å². The van der Waals surface area contributed by atoms with Crippen LogP contribution in [0, 0.1) is 0 Å². The van der Waals surface area contributed by atoms with E-state index in [1.54, 1.807) is 0 Å². The van der Waals surface area contributed by atoms with Gasteiger partial charge in [-0.05, 0) is 56.6 Å². The van der Waals surface area contributed by atoms with E-state index in [-0.39, 0.29) is 5.91 Å². The molecule has 0 spiro atoms. The summed E-state index contributed by atoms with van der Waals surface area (Å²) < 4.78 is 0. The molecule has 33 heavy (non-hydrogen) atoms. The number of nitrogens with zero attached hydrogens (tertiary/aromatic N) is 3. The highest BCUT2D eigenvalue weighted by atomic mass is 35.5. The molecule has 1 aliphatic rings. The van der Waals surface area contributed by atoms with Crippen LogP contribution in [0.1, 0.15) is 51.9 Å². The van der Waals surface area contributed by atoms with Gasteiger partial charge in [0.25, 0.3) is 0 Å². The van der Waals surface area contributed by atoms with Crippen LogP contribution in [0.15, 0.2) is 30.5 Å². The van der Waals surface area contributed by atoms with E-state index in [1.165, 1.54) is 19.3 Å². The summed E-state index contributed by atoms with van der Waals surface area (Å²) in [6, 6.07) is 7.89. The highest BCUT2D eigenvalue weighted by Crippen LogP contribution is 2.24. The van der Waals surface area contributed by atoms with Crippen LogP contribution in [0.4, 0.5) is 5.69 Å². The van der Waals surface area contributed by atoms with E-state index >= 15 is 0 Å². The smallest absolute Gasteiger partial charge is 0.219 e. The molecule has 0 atom stereocenters. The lowest BCUT2D eigenvalue weighted by Crippen LogP contribution is -2.47. The van der Waals surface area contributed by atoms with Crippen molar-refractivity contribution in [2.45, 2.75) is 51.9 Å². The van der Waals surface area contributed by atoms with Gasteiger partial charge in [-0.25, -0.2) is 0 Å². The Morgan fingerprint density at radius 1 is 0.970 bits per heavy atom. The van der Waals surface area contributed by atoms with Crippen LogP contribution in [0.2, 0.25) is 5.02 Å². The van der Waals surface area contributed by atoms with Gasteiger partial charge in [0.05, 0.1) is 5.52 Å². The van der Waals surface area contributed by atoms with Gasteiger partial charge in [0.1, 0.15) is 0 Å². The van der Waals surface area contributed by atoms with Gasteiger partial charge in [0, 0.05) is 68.0 Å². The third kappa shape index (κ3) is 9.11. The minimum atomic E-state index is 0.216. The fourth-order valence-corrected chi connectivity index (χ4v) is 4.54. The molecular formula is C26H40ClN5O. The minimum absolute atomic E-state index is 0.216. The first-order chi connectivity index (χ1) is 16.2. The van der Waals surface area contributed by atoms with Gasteiger partial charge in [-0.3, -0.25) is 9.78 Å². The van der Waals surface area contributed by atoms with Crippen molar-refractivity contribution in [3.8, 4) is 0 Å². The highest BCUT2D eigenvalue weighted by Gasteiger charge is 2.16. The van der Waals surface area contributed by atoms with Gasteiger partial charge >= 0.3 is 0 Å². The van der Waals surface area contributed by atoms with E-state index < -0.39 is 0 Å². The summed E-state index contributed by atoms with van der Waals surface area (Å²) >= 11 is 6.08. The number of rotatable bonds is 14. The van der Waals surface area contributed by atoms with Gasteiger partial charge in [-0.15, -0.1) is 0 Å². The van der Waals surface area contributed by atoms with Crippen molar-refractivity contribution in [2.24, 2.45) is 0 Å². The van der Waals surface area contributed by atoms with Gasteiger partial charge in [-0.1, -0.05) is 37.8 Å². The number of hydrogen-bond acceptors (Lipinski definition) is 5. The SMILES string of the molecule is CCCCCCC(=O)NCCCN1CCN(CCCNc2ccnc3cc(Cl)ccc23)CC1. The molecule has 1 amide bonds. The lowest BCUT2D eigenvalue weighted by atomic mass is 10.1. The summed E-state index contributed by atoms with van der Waals surface area (Å²) in [4.78, 5) is 21.3. The summed E-state index contributed by atoms with van der Waals surface area (Å²) in [6.45, 7) is 10.6. The van der Waals surface area contributed by atoms with Crippen molar-refractivity contribution < 1.29 is 4.79 Å². The zero-order valence-corrected chi connectivity index (χ0v) is 20.9. The number of unbranched alkanes of at least 4 members (excludes halogenated alkanes) is 3. The van der Waals surface area contributed by atoms with Crippen LogP contribution < -0.4 is 10.6 Å². The molecule has 1 aliphatic heterocycles. The first-order valence-electron chi connectivity index (χ1n) is 12.7.